The molecule has 0 saturated carbocycles. The average molecular weight is 637 g/mol. The number of piperidine rings is 1. The van der Waals surface area contributed by atoms with Gasteiger partial charge in [0.1, 0.15) is 11.9 Å². The molecule has 0 radical (unpaired) electrons. The molecule has 8 nitrogen and oxygen atoms in total. The molecule has 0 bridgehead atoms. The monoisotopic (exact) mass is 635 g/mol. The molecule has 1 aromatic carbocycles. The second-order valence-electron chi connectivity index (χ2n) is 9.29. The Morgan fingerprint density at radius 3 is 2.56 bits per heavy atom. The van der Waals surface area contributed by atoms with E-state index in [1.807, 2.05) is 4.90 Å². The first-order chi connectivity index (χ1) is 16.9. The van der Waals surface area contributed by atoms with Crippen LogP contribution in [0.15, 0.2) is 33.2 Å². The van der Waals surface area contributed by atoms with E-state index in [9.17, 15) is 23.1 Å². The third-order valence-electron chi connectivity index (χ3n) is 7.11. The van der Waals surface area contributed by atoms with Gasteiger partial charge in [0, 0.05) is 40.2 Å². The normalized spacial score (nSPS) is 21.4. The highest BCUT2D eigenvalue weighted by Crippen LogP contribution is 2.48. The molecular weight excluding hydrogens is 611 g/mol. The summed E-state index contributed by atoms with van der Waals surface area (Å²) in [6, 6.07) is 5.34. The van der Waals surface area contributed by atoms with Crippen molar-refractivity contribution in [3.63, 3.8) is 0 Å². The molecular formula is C23H26Br2F3N5O3. The van der Waals surface area contributed by atoms with Gasteiger partial charge in [-0.2, -0.15) is 23.1 Å². The molecule has 0 aliphatic carbocycles. The van der Waals surface area contributed by atoms with Crippen LogP contribution in [0.3, 0.4) is 0 Å². The Hall–Kier alpha value is -2.12. The predicted molar refractivity (Wildman–Crippen MR) is 135 cm³/mol. The third-order valence-corrected chi connectivity index (χ3v) is 8.30. The average Bonchev–Trinajstić information content (AvgIpc) is 3.22. The maximum atomic E-state index is 14.6. The molecule has 1 aromatic heterocycles. The number of nitrogens with two attached hydrogens (primary N) is 1. The highest BCUT2D eigenvalue weighted by molar-refractivity contribution is 9.11. The minimum atomic E-state index is -4.77. The minimum Gasteiger partial charge on any atom is -0.480 e. The van der Waals surface area contributed by atoms with Gasteiger partial charge in [-0.3, -0.25) is 4.79 Å². The third kappa shape index (κ3) is 5.14. The van der Waals surface area contributed by atoms with E-state index in [2.05, 4.69) is 47.1 Å². The molecule has 2 saturated heterocycles. The Morgan fingerprint density at radius 1 is 1.28 bits per heavy atom. The second-order valence-corrected chi connectivity index (χ2v) is 11.1. The van der Waals surface area contributed by atoms with Gasteiger partial charge in [-0.1, -0.05) is 38.8 Å². The number of hydrogen-bond acceptors (Lipinski definition) is 7. The molecule has 196 valence electrons. The quantitative estimate of drug-likeness (QED) is 0.412. The summed E-state index contributed by atoms with van der Waals surface area (Å²) in [5.74, 6) is -0.969. The zero-order chi connectivity index (χ0) is 26.3. The zero-order valence-corrected chi connectivity index (χ0v) is 22.6. The number of carboxylic acid groups (broad SMARTS) is 1. The van der Waals surface area contributed by atoms with Crippen molar-refractivity contribution in [2.45, 2.75) is 50.4 Å². The van der Waals surface area contributed by atoms with Gasteiger partial charge in [-0.25, -0.2) is 0 Å². The van der Waals surface area contributed by atoms with Gasteiger partial charge in [0.05, 0.1) is 0 Å². The van der Waals surface area contributed by atoms with Crippen molar-refractivity contribution in [3.05, 3.63) is 38.8 Å². The lowest BCUT2D eigenvalue weighted by Gasteiger charge is -2.40. The second kappa shape index (κ2) is 9.97. The first kappa shape index (κ1) is 26.9. The zero-order valence-electron chi connectivity index (χ0n) is 19.4. The number of nitrogens with one attached hydrogen (secondary N) is 1. The van der Waals surface area contributed by atoms with Crippen molar-refractivity contribution < 1.29 is 27.8 Å². The SMILES string of the molecule is CC[C@@](Oc1cc(N2CCC3(CC2)CN[C@H](C(=O)O)C3)nc(N)n1)(c1cc(Br)ccc1Br)C(F)(F)F. The summed E-state index contributed by atoms with van der Waals surface area (Å²) >= 11 is 6.49. The Morgan fingerprint density at radius 2 is 1.97 bits per heavy atom. The summed E-state index contributed by atoms with van der Waals surface area (Å²) < 4.78 is 50.1. The molecule has 2 aromatic rings. The largest absolute Gasteiger partial charge is 0.480 e. The number of aromatic nitrogens is 2. The van der Waals surface area contributed by atoms with Crippen LogP contribution >= 0.6 is 31.9 Å². The molecule has 3 heterocycles. The number of hydrogen-bond donors (Lipinski definition) is 3. The molecule has 2 atom stereocenters. The molecule has 2 aliphatic rings. The van der Waals surface area contributed by atoms with Crippen molar-refractivity contribution in [1.82, 2.24) is 15.3 Å². The van der Waals surface area contributed by atoms with E-state index in [0.717, 1.165) is 12.8 Å². The summed E-state index contributed by atoms with van der Waals surface area (Å²) in [7, 11) is 0. The fraction of sp³-hybridized carbons (Fsp3) is 0.522. The summed E-state index contributed by atoms with van der Waals surface area (Å²) in [5, 5.41) is 12.4. The Balaban J connectivity index is 1.61. The molecule has 0 amide bonds. The Kier molecular flexibility index (Phi) is 7.46. The van der Waals surface area contributed by atoms with Crippen LogP contribution in [0.25, 0.3) is 0 Å². The van der Waals surface area contributed by atoms with E-state index in [1.54, 1.807) is 6.07 Å². The van der Waals surface area contributed by atoms with Crippen molar-refractivity contribution in [3.8, 4) is 5.88 Å². The van der Waals surface area contributed by atoms with Crippen LogP contribution in [0.1, 0.15) is 38.2 Å². The lowest BCUT2D eigenvalue weighted by atomic mass is 9.76. The molecule has 4 rings (SSSR count). The first-order valence-electron chi connectivity index (χ1n) is 11.4. The van der Waals surface area contributed by atoms with Crippen LogP contribution in [-0.4, -0.2) is 52.9 Å². The highest BCUT2D eigenvalue weighted by Gasteiger charge is 2.58. The number of ether oxygens (including phenoxy) is 1. The van der Waals surface area contributed by atoms with Crippen LogP contribution in [0.4, 0.5) is 24.9 Å². The highest BCUT2D eigenvalue weighted by atomic mass is 79.9. The fourth-order valence-corrected chi connectivity index (χ4v) is 5.97. The van der Waals surface area contributed by atoms with Gasteiger partial charge in [-0.05, 0) is 49.3 Å². The topological polar surface area (TPSA) is 114 Å². The summed E-state index contributed by atoms with van der Waals surface area (Å²) in [5.41, 5.74) is 3.00. The number of anilines is 2. The van der Waals surface area contributed by atoms with Gasteiger partial charge in [0.25, 0.3) is 0 Å². The number of nitrogens with zero attached hydrogens (tertiary/aromatic N) is 3. The number of alkyl halides is 3. The maximum Gasteiger partial charge on any atom is 0.432 e. The van der Waals surface area contributed by atoms with Crippen molar-refractivity contribution >= 4 is 49.6 Å². The molecule has 2 fully saturated rings. The van der Waals surface area contributed by atoms with E-state index >= 15 is 0 Å². The molecule has 0 unspecified atom stereocenters. The van der Waals surface area contributed by atoms with Crippen molar-refractivity contribution in [1.29, 1.82) is 0 Å². The minimum absolute atomic E-state index is 0.0905. The summed E-state index contributed by atoms with van der Waals surface area (Å²) in [6.07, 6.45) is -3.19. The van der Waals surface area contributed by atoms with E-state index in [0.29, 0.717) is 36.3 Å². The number of carbonyl (C=O) groups is 1. The van der Waals surface area contributed by atoms with Crippen molar-refractivity contribution in [2.24, 2.45) is 5.41 Å². The number of aliphatic carboxylic acids is 1. The van der Waals surface area contributed by atoms with Gasteiger partial charge in [-0.15, -0.1) is 0 Å². The van der Waals surface area contributed by atoms with Crippen molar-refractivity contribution in [2.75, 3.05) is 30.3 Å². The Labute approximate surface area is 223 Å². The van der Waals surface area contributed by atoms with E-state index in [4.69, 9.17) is 10.5 Å². The molecule has 1 spiro atoms. The number of benzene rings is 1. The molecule has 13 heteroatoms. The van der Waals surface area contributed by atoms with E-state index < -0.39 is 30.2 Å². The van der Waals surface area contributed by atoms with Crippen LogP contribution in [0.5, 0.6) is 5.88 Å². The smallest absolute Gasteiger partial charge is 0.432 e. The maximum absolute atomic E-state index is 14.6. The summed E-state index contributed by atoms with van der Waals surface area (Å²) in [4.78, 5) is 21.5. The van der Waals surface area contributed by atoms with Gasteiger partial charge >= 0.3 is 12.1 Å². The lowest BCUT2D eigenvalue weighted by Crippen LogP contribution is -2.47. The fourth-order valence-electron chi connectivity index (χ4n) is 5.04. The Bertz CT molecular complexity index is 1140. The molecule has 4 N–H and O–H groups in total. The molecule has 36 heavy (non-hydrogen) atoms. The van der Waals surface area contributed by atoms with Crippen LogP contribution < -0.4 is 20.7 Å². The van der Waals surface area contributed by atoms with Crippen LogP contribution in [0.2, 0.25) is 0 Å². The number of carboxylic acids is 1. The summed E-state index contributed by atoms with van der Waals surface area (Å²) in [6.45, 7) is 3.12. The van der Waals surface area contributed by atoms with Gasteiger partial charge in [0.15, 0.2) is 0 Å². The van der Waals surface area contributed by atoms with Gasteiger partial charge in [0.2, 0.25) is 17.4 Å². The number of rotatable bonds is 6. The predicted octanol–water partition coefficient (Wildman–Crippen LogP) is 4.86. The molecule has 2 aliphatic heterocycles. The van der Waals surface area contributed by atoms with Crippen LogP contribution in [0, 0.1) is 5.41 Å². The van der Waals surface area contributed by atoms with E-state index in [1.165, 1.54) is 25.1 Å². The van der Waals surface area contributed by atoms with E-state index in [-0.39, 0.29) is 27.3 Å². The standard InChI is InChI=1S/C23H26Br2F3N5O3/c1-2-22(23(26,27)28,14-9-13(24)3-4-15(14)25)36-18-10-17(31-20(29)32-18)33-7-5-21(6-8-33)11-16(19(34)35)30-12-21/h3-4,9-10,16,30H,2,5-8,11-12H2,1H3,(H,34,35)(H2,29,31,32)/t16-,22+/m0/s1. The van der Waals surface area contributed by atoms with Crippen LogP contribution in [-0.2, 0) is 10.4 Å². The lowest BCUT2D eigenvalue weighted by molar-refractivity contribution is -0.257. The number of halogens is 5. The van der Waals surface area contributed by atoms with Gasteiger partial charge < -0.3 is 25.8 Å². The first-order valence-corrected chi connectivity index (χ1v) is 13.0. The number of nitrogen functional groups attached to an aromatic ring is 1.